The second kappa shape index (κ2) is 6.38. The average Bonchev–Trinajstić information content (AvgIpc) is 2.79. The van der Waals surface area contributed by atoms with E-state index < -0.39 is 0 Å². The first-order valence-corrected chi connectivity index (χ1v) is 6.76. The van der Waals surface area contributed by atoms with Crippen molar-refractivity contribution in [2.24, 2.45) is 0 Å². The third-order valence-corrected chi connectivity index (χ3v) is 3.00. The quantitative estimate of drug-likeness (QED) is 0.778. The molecule has 1 aromatic carbocycles. The highest BCUT2D eigenvalue weighted by Crippen LogP contribution is 2.19. The topological polar surface area (TPSA) is 84.4 Å². The zero-order valence-corrected chi connectivity index (χ0v) is 11.8. The van der Waals surface area contributed by atoms with Crippen LogP contribution in [0.1, 0.15) is 19.7 Å². The molecule has 20 heavy (non-hydrogen) atoms. The summed E-state index contributed by atoms with van der Waals surface area (Å²) in [4.78, 5) is 18.0. The van der Waals surface area contributed by atoms with Gasteiger partial charge in [-0.25, -0.2) is 4.98 Å². The summed E-state index contributed by atoms with van der Waals surface area (Å²) >= 11 is 0. The van der Waals surface area contributed by atoms with Gasteiger partial charge in [0.05, 0.1) is 13.1 Å². The first kappa shape index (κ1) is 14.3. The van der Waals surface area contributed by atoms with Gasteiger partial charge in [-0.1, -0.05) is 6.92 Å². The van der Waals surface area contributed by atoms with Crippen LogP contribution in [0.4, 0.5) is 5.69 Å². The van der Waals surface area contributed by atoms with Crippen LogP contribution >= 0.6 is 0 Å². The number of fused-ring (bicyclic) bond motifs is 1. The number of anilines is 1. The molecular formula is C14H20N4O2. The summed E-state index contributed by atoms with van der Waals surface area (Å²) in [6.07, 6.45) is 0. The fourth-order valence-electron chi connectivity index (χ4n) is 1.99. The lowest BCUT2D eigenvalue weighted by Crippen LogP contribution is -2.36. The van der Waals surface area contributed by atoms with E-state index in [1.807, 2.05) is 18.7 Å². The van der Waals surface area contributed by atoms with Crippen molar-refractivity contribution in [3.8, 4) is 0 Å². The molecule has 0 unspecified atom stereocenters. The van der Waals surface area contributed by atoms with Gasteiger partial charge in [0.1, 0.15) is 5.52 Å². The average molecular weight is 276 g/mol. The Balaban J connectivity index is 2.07. The molecule has 0 saturated carbocycles. The monoisotopic (exact) mass is 276 g/mol. The number of hydrogen-bond acceptors (Lipinski definition) is 5. The number of carbonyl (C=O) groups excluding carboxylic acids is 1. The van der Waals surface area contributed by atoms with Gasteiger partial charge in [-0.05, 0) is 31.7 Å². The number of nitrogens with zero attached hydrogens (tertiary/aromatic N) is 2. The van der Waals surface area contributed by atoms with Crippen molar-refractivity contribution in [3.05, 3.63) is 24.1 Å². The lowest BCUT2D eigenvalue weighted by molar-refractivity contribution is -0.122. The molecule has 6 nitrogen and oxygen atoms in total. The van der Waals surface area contributed by atoms with Crippen LogP contribution in [0, 0.1) is 0 Å². The Kier molecular flexibility index (Phi) is 4.57. The van der Waals surface area contributed by atoms with Crippen molar-refractivity contribution in [1.29, 1.82) is 0 Å². The SMILES string of the molecule is CCNC(=O)CN(CC)Cc1nc2cc(N)ccc2o1. The largest absolute Gasteiger partial charge is 0.439 e. The molecule has 0 spiro atoms. The van der Waals surface area contributed by atoms with E-state index in [2.05, 4.69) is 10.3 Å². The molecule has 0 atom stereocenters. The van der Waals surface area contributed by atoms with Crippen LogP contribution in [0.5, 0.6) is 0 Å². The number of nitrogens with two attached hydrogens (primary N) is 1. The Morgan fingerprint density at radius 1 is 1.45 bits per heavy atom. The fourth-order valence-corrected chi connectivity index (χ4v) is 1.99. The van der Waals surface area contributed by atoms with Crippen LogP contribution < -0.4 is 11.1 Å². The smallest absolute Gasteiger partial charge is 0.234 e. The molecule has 0 aliphatic rings. The molecule has 2 aromatic rings. The van der Waals surface area contributed by atoms with Gasteiger partial charge in [-0.3, -0.25) is 9.69 Å². The third kappa shape index (κ3) is 3.48. The maximum absolute atomic E-state index is 11.6. The zero-order chi connectivity index (χ0) is 14.5. The summed E-state index contributed by atoms with van der Waals surface area (Å²) in [5.41, 5.74) is 7.83. The molecule has 0 bridgehead atoms. The highest BCUT2D eigenvalue weighted by atomic mass is 16.3. The van der Waals surface area contributed by atoms with Crippen LogP contribution in [0.2, 0.25) is 0 Å². The van der Waals surface area contributed by atoms with Crippen molar-refractivity contribution in [1.82, 2.24) is 15.2 Å². The lowest BCUT2D eigenvalue weighted by atomic mass is 10.3. The number of likely N-dealkylation sites (N-methyl/N-ethyl adjacent to an activating group) is 2. The Bertz CT molecular complexity index is 594. The second-order valence-corrected chi connectivity index (χ2v) is 4.59. The normalized spacial score (nSPS) is 11.2. The molecule has 0 saturated heterocycles. The minimum atomic E-state index is 0.00899. The Morgan fingerprint density at radius 2 is 2.25 bits per heavy atom. The zero-order valence-electron chi connectivity index (χ0n) is 11.8. The van der Waals surface area contributed by atoms with E-state index in [0.717, 1.165) is 12.1 Å². The molecule has 0 aliphatic carbocycles. The minimum Gasteiger partial charge on any atom is -0.439 e. The Hall–Kier alpha value is -2.08. The van der Waals surface area contributed by atoms with Crippen molar-refractivity contribution in [2.45, 2.75) is 20.4 Å². The third-order valence-electron chi connectivity index (χ3n) is 3.00. The van der Waals surface area contributed by atoms with Crippen LogP contribution in [-0.4, -0.2) is 35.4 Å². The van der Waals surface area contributed by atoms with Gasteiger partial charge in [0.2, 0.25) is 11.8 Å². The number of nitrogen functional groups attached to an aromatic ring is 1. The van der Waals surface area contributed by atoms with Gasteiger partial charge < -0.3 is 15.5 Å². The van der Waals surface area contributed by atoms with E-state index in [-0.39, 0.29) is 5.91 Å². The second-order valence-electron chi connectivity index (χ2n) is 4.59. The van der Waals surface area contributed by atoms with E-state index in [4.69, 9.17) is 10.2 Å². The number of nitrogens with one attached hydrogen (secondary N) is 1. The van der Waals surface area contributed by atoms with Gasteiger partial charge in [-0.2, -0.15) is 0 Å². The van der Waals surface area contributed by atoms with Gasteiger partial charge in [0, 0.05) is 12.2 Å². The summed E-state index contributed by atoms with van der Waals surface area (Å²) in [6.45, 7) is 6.13. The number of benzene rings is 1. The number of carbonyl (C=O) groups is 1. The number of aromatic nitrogens is 1. The van der Waals surface area contributed by atoms with Gasteiger partial charge in [-0.15, -0.1) is 0 Å². The number of rotatable bonds is 6. The summed E-state index contributed by atoms with van der Waals surface area (Å²) in [7, 11) is 0. The Labute approximate surface area is 117 Å². The number of oxazole rings is 1. The molecule has 0 fully saturated rings. The summed E-state index contributed by atoms with van der Waals surface area (Å²) in [5, 5.41) is 2.78. The number of amides is 1. The molecule has 2 rings (SSSR count). The lowest BCUT2D eigenvalue weighted by Gasteiger charge is -2.17. The molecule has 1 amide bonds. The first-order valence-electron chi connectivity index (χ1n) is 6.76. The first-order chi connectivity index (χ1) is 9.62. The molecule has 0 aliphatic heterocycles. The van der Waals surface area contributed by atoms with Crippen LogP contribution in [0.25, 0.3) is 11.1 Å². The maximum Gasteiger partial charge on any atom is 0.234 e. The van der Waals surface area contributed by atoms with Crippen molar-refractivity contribution in [2.75, 3.05) is 25.4 Å². The standard InChI is InChI=1S/C14H20N4O2/c1-3-16-13(19)8-18(4-2)9-14-17-11-7-10(15)5-6-12(11)20-14/h5-7H,3-4,8-9,15H2,1-2H3,(H,16,19). The maximum atomic E-state index is 11.6. The van der Waals surface area contributed by atoms with Gasteiger partial charge in [0.15, 0.2) is 5.58 Å². The highest BCUT2D eigenvalue weighted by Gasteiger charge is 2.13. The van der Waals surface area contributed by atoms with Gasteiger partial charge in [0.25, 0.3) is 0 Å². The predicted molar refractivity (Wildman–Crippen MR) is 78.1 cm³/mol. The van der Waals surface area contributed by atoms with Crippen molar-refractivity contribution >= 4 is 22.7 Å². The molecule has 1 heterocycles. The Morgan fingerprint density at radius 3 is 2.95 bits per heavy atom. The summed E-state index contributed by atoms with van der Waals surface area (Å²) < 4.78 is 5.66. The molecule has 1 aromatic heterocycles. The van der Waals surface area contributed by atoms with Crippen LogP contribution in [-0.2, 0) is 11.3 Å². The van der Waals surface area contributed by atoms with Gasteiger partial charge >= 0.3 is 0 Å². The molecule has 3 N–H and O–H groups in total. The van der Waals surface area contributed by atoms with Crippen LogP contribution in [0.3, 0.4) is 0 Å². The summed E-state index contributed by atoms with van der Waals surface area (Å²) in [6, 6.07) is 5.37. The molecule has 0 radical (unpaired) electrons. The van der Waals surface area contributed by atoms with E-state index >= 15 is 0 Å². The van der Waals surface area contributed by atoms with Crippen molar-refractivity contribution < 1.29 is 9.21 Å². The molecular weight excluding hydrogens is 256 g/mol. The van der Waals surface area contributed by atoms with E-state index in [1.54, 1.807) is 18.2 Å². The predicted octanol–water partition coefficient (Wildman–Crippen LogP) is 1.37. The van der Waals surface area contributed by atoms with E-state index in [9.17, 15) is 4.79 Å². The van der Waals surface area contributed by atoms with E-state index in [0.29, 0.717) is 36.8 Å². The number of hydrogen-bond donors (Lipinski definition) is 2. The summed E-state index contributed by atoms with van der Waals surface area (Å²) in [5.74, 6) is 0.603. The molecule has 6 heteroatoms. The van der Waals surface area contributed by atoms with Crippen LogP contribution in [0.15, 0.2) is 22.6 Å². The fraction of sp³-hybridized carbons (Fsp3) is 0.429. The van der Waals surface area contributed by atoms with E-state index in [1.165, 1.54) is 0 Å². The minimum absolute atomic E-state index is 0.00899. The van der Waals surface area contributed by atoms with Crippen molar-refractivity contribution in [3.63, 3.8) is 0 Å². The highest BCUT2D eigenvalue weighted by molar-refractivity contribution is 5.78. The molecule has 108 valence electrons.